The highest BCUT2D eigenvalue weighted by Gasteiger charge is 2.33. The summed E-state index contributed by atoms with van der Waals surface area (Å²) >= 11 is 0. The highest BCUT2D eigenvalue weighted by Crippen LogP contribution is 2.34. The zero-order chi connectivity index (χ0) is 19.3. The van der Waals surface area contributed by atoms with E-state index in [-0.39, 0.29) is 23.6 Å². The zero-order valence-electron chi connectivity index (χ0n) is 16.2. The van der Waals surface area contributed by atoms with Crippen molar-refractivity contribution in [3.05, 3.63) is 52.7 Å². The second kappa shape index (κ2) is 8.52. The molecule has 7 heteroatoms. The van der Waals surface area contributed by atoms with E-state index in [1.165, 1.54) is 21.1 Å². The third kappa shape index (κ3) is 4.86. The van der Waals surface area contributed by atoms with Gasteiger partial charge >= 0.3 is 5.69 Å². The largest absolute Gasteiger partial charge is 0.354 e. The predicted octanol–water partition coefficient (Wildman–Crippen LogP) is 1.39. The molecule has 7 nitrogen and oxygen atoms in total. The van der Waals surface area contributed by atoms with Crippen LogP contribution >= 0.6 is 0 Å². The molecule has 27 heavy (non-hydrogen) atoms. The summed E-state index contributed by atoms with van der Waals surface area (Å²) in [6.07, 6.45) is 4.60. The van der Waals surface area contributed by atoms with Crippen molar-refractivity contribution in [1.29, 1.82) is 0 Å². The summed E-state index contributed by atoms with van der Waals surface area (Å²) in [5.41, 5.74) is 1.21. The fourth-order valence-corrected chi connectivity index (χ4v) is 3.69. The van der Waals surface area contributed by atoms with E-state index in [0.717, 1.165) is 38.9 Å². The monoisotopic (exact) mass is 371 g/mol. The van der Waals surface area contributed by atoms with E-state index in [2.05, 4.69) is 46.5 Å². The molecule has 0 radical (unpaired) electrons. The van der Waals surface area contributed by atoms with Crippen molar-refractivity contribution >= 4 is 5.91 Å². The molecule has 1 aliphatic rings. The number of hydrogen-bond acceptors (Lipinski definition) is 4. The number of aromatic nitrogens is 3. The van der Waals surface area contributed by atoms with Crippen LogP contribution in [0.2, 0.25) is 0 Å². The first-order valence-corrected chi connectivity index (χ1v) is 9.63. The number of nitrogens with one attached hydrogen (secondary N) is 1. The minimum absolute atomic E-state index is 0.0282. The smallest absolute Gasteiger partial charge is 0.345 e. The molecular formula is C20H29N5O2. The van der Waals surface area contributed by atoms with E-state index in [9.17, 15) is 9.59 Å². The number of carbonyl (C=O) groups is 1. The molecule has 1 aromatic carbocycles. The van der Waals surface area contributed by atoms with Crippen molar-refractivity contribution in [2.24, 2.45) is 12.5 Å². The molecule has 1 aromatic heterocycles. The molecule has 0 aliphatic carbocycles. The van der Waals surface area contributed by atoms with E-state index >= 15 is 0 Å². The summed E-state index contributed by atoms with van der Waals surface area (Å²) in [5.74, 6) is -0.157. The lowest BCUT2D eigenvalue weighted by Gasteiger charge is -2.41. The van der Waals surface area contributed by atoms with E-state index in [0.29, 0.717) is 6.54 Å². The number of aryl methyl sites for hydroxylation is 1. The molecule has 2 heterocycles. The fourth-order valence-electron chi connectivity index (χ4n) is 3.69. The summed E-state index contributed by atoms with van der Waals surface area (Å²) in [4.78, 5) is 26.5. The minimum atomic E-state index is -0.274. The molecule has 2 aromatic rings. The molecule has 1 saturated heterocycles. The van der Waals surface area contributed by atoms with Crippen LogP contribution in [0, 0.1) is 5.41 Å². The third-order valence-electron chi connectivity index (χ3n) is 5.76. The van der Waals surface area contributed by atoms with Crippen molar-refractivity contribution in [1.82, 2.24) is 24.6 Å². The van der Waals surface area contributed by atoms with Crippen molar-refractivity contribution in [2.75, 3.05) is 19.6 Å². The van der Waals surface area contributed by atoms with Gasteiger partial charge in [0.15, 0.2) is 0 Å². The van der Waals surface area contributed by atoms with Crippen LogP contribution in [0.4, 0.5) is 0 Å². The van der Waals surface area contributed by atoms with Crippen LogP contribution in [0.25, 0.3) is 0 Å². The Bertz CT molecular complexity index is 803. The van der Waals surface area contributed by atoms with Gasteiger partial charge in [0.2, 0.25) is 5.91 Å². The van der Waals surface area contributed by atoms with Crippen LogP contribution < -0.4 is 11.0 Å². The summed E-state index contributed by atoms with van der Waals surface area (Å²) in [5, 5.41) is 6.96. The maximum atomic E-state index is 12.2. The van der Waals surface area contributed by atoms with Gasteiger partial charge in [-0.15, -0.1) is 0 Å². The van der Waals surface area contributed by atoms with Crippen molar-refractivity contribution in [2.45, 2.75) is 39.3 Å². The number of hydrogen-bond donors (Lipinski definition) is 1. The minimum Gasteiger partial charge on any atom is -0.354 e. The number of carbonyl (C=O) groups excluding carboxylic acids is 1. The first kappa shape index (κ1) is 19.4. The van der Waals surface area contributed by atoms with Gasteiger partial charge in [0.05, 0.1) is 0 Å². The molecule has 0 bridgehead atoms. The Labute approximate surface area is 160 Å². The summed E-state index contributed by atoms with van der Waals surface area (Å²) in [6.45, 7) is 5.89. The van der Waals surface area contributed by atoms with Crippen LogP contribution in [-0.4, -0.2) is 44.8 Å². The second-order valence-electron chi connectivity index (χ2n) is 7.57. The molecule has 0 unspecified atom stereocenters. The van der Waals surface area contributed by atoms with Gasteiger partial charge in [0.25, 0.3) is 0 Å². The summed E-state index contributed by atoms with van der Waals surface area (Å²) in [6, 6.07) is 10.5. The number of amides is 1. The zero-order valence-corrected chi connectivity index (χ0v) is 16.2. The molecule has 3 rings (SSSR count). The molecular weight excluding hydrogens is 342 g/mol. The number of rotatable bonds is 7. The van der Waals surface area contributed by atoms with Gasteiger partial charge in [0, 0.05) is 20.1 Å². The van der Waals surface area contributed by atoms with Gasteiger partial charge in [-0.25, -0.2) is 9.48 Å². The quantitative estimate of drug-likeness (QED) is 0.798. The lowest BCUT2D eigenvalue weighted by Crippen LogP contribution is -2.46. The van der Waals surface area contributed by atoms with Gasteiger partial charge in [-0.2, -0.15) is 5.10 Å². The van der Waals surface area contributed by atoms with E-state index in [1.807, 2.05) is 6.07 Å². The molecule has 1 N–H and O–H groups in total. The number of likely N-dealkylation sites (tertiary alicyclic amines) is 1. The highest BCUT2D eigenvalue weighted by molar-refractivity contribution is 5.75. The van der Waals surface area contributed by atoms with Crippen LogP contribution in [0.3, 0.4) is 0 Å². The first-order valence-electron chi connectivity index (χ1n) is 9.63. The Kier molecular flexibility index (Phi) is 6.11. The first-order chi connectivity index (χ1) is 13.0. The molecule has 0 saturated carbocycles. The van der Waals surface area contributed by atoms with Crippen LogP contribution in [-0.2, 0) is 24.9 Å². The van der Waals surface area contributed by atoms with Gasteiger partial charge in [0.1, 0.15) is 12.9 Å². The van der Waals surface area contributed by atoms with Gasteiger partial charge in [-0.3, -0.25) is 14.3 Å². The molecule has 146 valence electrons. The second-order valence-corrected chi connectivity index (χ2v) is 7.57. The molecule has 1 amide bonds. The summed E-state index contributed by atoms with van der Waals surface area (Å²) < 4.78 is 2.56. The topological polar surface area (TPSA) is 72.2 Å². The van der Waals surface area contributed by atoms with E-state index in [1.54, 1.807) is 7.05 Å². The lowest BCUT2D eigenvalue weighted by molar-refractivity contribution is -0.122. The lowest BCUT2D eigenvalue weighted by atomic mass is 9.76. The average Bonchev–Trinajstić information content (AvgIpc) is 3.01. The number of nitrogens with zero attached hydrogens (tertiary/aromatic N) is 4. The fraction of sp³-hybridized carbons (Fsp3) is 0.550. The van der Waals surface area contributed by atoms with E-state index in [4.69, 9.17) is 0 Å². The highest BCUT2D eigenvalue weighted by atomic mass is 16.2. The Morgan fingerprint density at radius 3 is 2.52 bits per heavy atom. The Hall–Kier alpha value is -2.41. The van der Waals surface area contributed by atoms with Crippen molar-refractivity contribution in [3.8, 4) is 0 Å². The summed E-state index contributed by atoms with van der Waals surface area (Å²) in [7, 11) is 1.62. The molecule has 1 fully saturated rings. The van der Waals surface area contributed by atoms with Crippen LogP contribution in [0.5, 0.6) is 0 Å². The van der Waals surface area contributed by atoms with Gasteiger partial charge < -0.3 is 5.32 Å². The third-order valence-corrected chi connectivity index (χ3v) is 5.76. The van der Waals surface area contributed by atoms with Crippen molar-refractivity contribution < 1.29 is 4.79 Å². The predicted molar refractivity (Wildman–Crippen MR) is 104 cm³/mol. The van der Waals surface area contributed by atoms with Gasteiger partial charge in [-0.1, -0.05) is 37.3 Å². The maximum Gasteiger partial charge on any atom is 0.345 e. The Morgan fingerprint density at radius 2 is 1.93 bits per heavy atom. The SMILES string of the molecule is CCC1(CNC(=O)Cn2ncn(C)c2=O)CCN(Cc2ccccc2)CC1. The molecule has 0 atom stereocenters. The van der Waals surface area contributed by atoms with Crippen LogP contribution in [0.15, 0.2) is 41.5 Å². The Morgan fingerprint density at radius 1 is 1.22 bits per heavy atom. The normalized spacial score (nSPS) is 17.0. The standard InChI is InChI=1S/C20H29N5O2/c1-3-20(15-21-18(26)14-25-19(27)23(2)16-22-25)9-11-24(12-10-20)13-17-7-5-4-6-8-17/h4-8,16H,3,9-15H2,1-2H3,(H,21,26). The van der Waals surface area contributed by atoms with Crippen LogP contribution in [0.1, 0.15) is 31.7 Å². The number of benzene rings is 1. The van der Waals surface area contributed by atoms with Crippen molar-refractivity contribution in [3.63, 3.8) is 0 Å². The van der Waals surface area contributed by atoms with Gasteiger partial charge in [-0.05, 0) is 43.3 Å². The average molecular weight is 371 g/mol. The number of piperidine rings is 1. The maximum absolute atomic E-state index is 12.2. The molecule has 0 spiro atoms. The Balaban J connectivity index is 1.49. The molecule has 1 aliphatic heterocycles. The van der Waals surface area contributed by atoms with E-state index < -0.39 is 0 Å².